The van der Waals surface area contributed by atoms with Gasteiger partial charge >= 0.3 is 0 Å². The molecule has 2 aromatic heterocycles. The Morgan fingerprint density at radius 1 is 1.23 bits per heavy atom. The number of carbonyl (C=O) groups excluding carboxylic acids is 2. The van der Waals surface area contributed by atoms with Crippen LogP contribution >= 0.6 is 0 Å². The van der Waals surface area contributed by atoms with Gasteiger partial charge in [0.05, 0.1) is 5.56 Å². The first-order valence-corrected chi connectivity index (χ1v) is 8.79. The summed E-state index contributed by atoms with van der Waals surface area (Å²) in [6.07, 6.45) is 5.90. The fraction of sp³-hybridized carbons (Fsp3) is 0.250. The summed E-state index contributed by atoms with van der Waals surface area (Å²) in [5, 5.41) is 0. The van der Waals surface area contributed by atoms with Crippen molar-refractivity contribution in [2.75, 3.05) is 18.0 Å². The predicted molar refractivity (Wildman–Crippen MR) is 99.1 cm³/mol. The Morgan fingerprint density at radius 3 is 2.81 bits per heavy atom. The van der Waals surface area contributed by atoms with Crippen molar-refractivity contribution in [3.8, 4) is 0 Å². The van der Waals surface area contributed by atoms with Gasteiger partial charge in [0, 0.05) is 37.4 Å². The minimum absolute atomic E-state index is 0.0184. The summed E-state index contributed by atoms with van der Waals surface area (Å²) < 4.78 is 1.81. The lowest BCUT2D eigenvalue weighted by Crippen LogP contribution is -2.45. The highest BCUT2D eigenvalue weighted by Gasteiger charge is 2.38. The molecule has 1 fully saturated rings. The summed E-state index contributed by atoms with van der Waals surface area (Å²) in [5.41, 5.74) is 2.23. The maximum atomic E-state index is 13.0. The lowest BCUT2D eigenvalue weighted by molar-refractivity contribution is -0.120. The minimum Gasteiger partial charge on any atom is -0.327 e. The Bertz CT molecular complexity index is 951. The first-order chi connectivity index (χ1) is 12.7. The van der Waals surface area contributed by atoms with E-state index in [0.29, 0.717) is 25.1 Å². The summed E-state index contributed by atoms with van der Waals surface area (Å²) in [6.45, 7) is 3.02. The van der Waals surface area contributed by atoms with E-state index in [4.69, 9.17) is 0 Å². The van der Waals surface area contributed by atoms with Crippen molar-refractivity contribution in [3.63, 3.8) is 0 Å². The summed E-state index contributed by atoms with van der Waals surface area (Å²) in [7, 11) is 0. The van der Waals surface area contributed by atoms with Crippen LogP contribution in [0.2, 0.25) is 0 Å². The van der Waals surface area contributed by atoms with Gasteiger partial charge in [-0.25, -0.2) is 4.98 Å². The quantitative estimate of drug-likeness (QED) is 0.728. The highest BCUT2D eigenvalue weighted by Crippen LogP contribution is 2.25. The van der Waals surface area contributed by atoms with E-state index in [2.05, 4.69) is 4.98 Å². The molecule has 1 saturated heterocycles. The van der Waals surface area contributed by atoms with Crippen molar-refractivity contribution in [3.05, 3.63) is 66.6 Å². The maximum absolute atomic E-state index is 13.0. The molecular weight excluding hydrogens is 328 g/mol. The van der Waals surface area contributed by atoms with Crippen molar-refractivity contribution in [2.45, 2.75) is 19.4 Å². The first kappa shape index (κ1) is 16.3. The number of rotatable bonds is 4. The molecule has 3 aromatic rings. The van der Waals surface area contributed by atoms with Crippen LogP contribution in [0.1, 0.15) is 23.7 Å². The van der Waals surface area contributed by atoms with Gasteiger partial charge in [0.1, 0.15) is 11.7 Å². The number of hydrogen-bond donors (Lipinski definition) is 0. The summed E-state index contributed by atoms with van der Waals surface area (Å²) >= 11 is 0. The van der Waals surface area contributed by atoms with Crippen LogP contribution in [0.15, 0.2) is 61.1 Å². The molecule has 2 amide bonds. The Kier molecular flexibility index (Phi) is 4.16. The molecule has 0 radical (unpaired) electrons. The first-order valence-electron chi connectivity index (χ1n) is 8.79. The van der Waals surface area contributed by atoms with Gasteiger partial charge < -0.3 is 14.2 Å². The van der Waals surface area contributed by atoms with Crippen molar-refractivity contribution in [1.82, 2.24) is 14.3 Å². The molecule has 3 heterocycles. The van der Waals surface area contributed by atoms with Gasteiger partial charge in [-0.15, -0.1) is 0 Å². The third kappa shape index (κ3) is 2.73. The van der Waals surface area contributed by atoms with Crippen LogP contribution in [0.25, 0.3) is 5.65 Å². The molecule has 6 nitrogen and oxygen atoms in total. The van der Waals surface area contributed by atoms with Crippen LogP contribution in [0.3, 0.4) is 0 Å². The van der Waals surface area contributed by atoms with Crippen LogP contribution in [-0.4, -0.2) is 45.2 Å². The Balaban J connectivity index is 1.58. The normalized spacial score (nSPS) is 17.0. The molecular formula is C20H20N4O2. The predicted octanol–water partition coefficient (Wildman–Crippen LogP) is 2.60. The molecule has 132 valence electrons. The number of aromatic nitrogens is 2. The van der Waals surface area contributed by atoms with Gasteiger partial charge in [0.15, 0.2) is 0 Å². The monoisotopic (exact) mass is 348 g/mol. The minimum atomic E-state index is -0.425. The van der Waals surface area contributed by atoms with Crippen LogP contribution in [-0.2, 0) is 4.79 Å². The largest absolute Gasteiger partial charge is 0.327 e. The summed E-state index contributed by atoms with van der Waals surface area (Å²) in [5.74, 6) is -0.147. The molecule has 1 atom stereocenters. The fourth-order valence-electron chi connectivity index (χ4n) is 3.54. The maximum Gasteiger partial charge on any atom is 0.256 e. The van der Waals surface area contributed by atoms with E-state index in [9.17, 15) is 9.59 Å². The van der Waals surface area contributed by atoms with Crippen molar-refractivity contribution in [2.24, 2.45) is 0 Å². The molecule has 1 aliphatic rings. The lowest BCUT2D eigenvalue weighted by atomic mass is 10.1. The van der Waals surface area contributed by atoms with Crippen LogP contribution in [0, 0.1) is 0 Å². The zero-order valence-electron chi connectivity index (χ0n) is 14.6. The number of amides is 2. The number of likely N-dealkylation sites (N-methyl/N-ethyl adjacent to an activating group) is 1. The second-order valence-electron chi connectivity index (χ2n) is 6.33. The van der Waals surface area contributed by atoms with E-state index in [-0.39, 0.29) is 11.8 Å². The highest BCUT2D eigenvalue weighted by molar-refractivity contribution is 6.03. The summed E-state index contributed by atoms with van der Waals surface area (Å²) in [4.78, 5) is 33.6. The zero-order valence-corrected chi connectivity index (χ0v) is 14.6. The standard InChI is InChI=1S/C20H20N4O2/c1-2-23(19(25)15-8-9-18-21-11-13-22(18)14-15)17-10-12-24(20(17)26)16-6-4-3-5-7-16/h3-9,11,13-14,17H,2,10,12H2,1H3/t17-/m1/s1. The Hall–Kier alpha value is -3.15. The fourth-order valence-corrected chi connectivity index (χ4v) is 3.54. The second-order valence-corrected chi connectivity index (χ2v) is 6.33. The van der Waals surface area contributed by atoms with Gasteiger partial charge in [-0.2, -0.15) is 0 Å². The van der Waals surface area contributed by atoms with Crippen LogP contribution in [0.4, 0.5) is 5.69 Å². The number of carbonyl (C=O) groups is 2. The molecule has 4 rings (SSSR count). The highest BCUT2D eigenvalue weighted by atomic mass is 16.2. The lowest BCUT2D eigenvalue weighted by Gasteiger charge is -2.27. The smallest absolute Gasteiger partial charge is 0.256 e. The Morgan fingerprint density at radius 2 is 2.04 bits per heavy atom. The van der Waals surface area contributed by atoms with E-state index < -0.39 is 6.04 Å². The average Bonchev–Trinajstić information content (AvgIpc) is 3.29. The number of para-hydroxylation sites is 1. The number of hydrogen-bond acceptors (Lipinski definition) is 3. The van der Waals surface area contributed by atoms with Crippen molar-refractivity contribution < 1.29 is 9.59 Å². The average molecular weight is 348 g/mol. The van der Waals surface area contributed by atoms with E-state index in [1.807, 2.05) is 47.7 Å². The number of fused-ring (bicyclic) bond motifs is 1. The van der Waals surface area contributed by atoms with Gasteiger partial charge in [-0.3, -0.25) is 9.59 Å². The van der Waals surface area contributed by atoms with Crippen LogP contribution < -0.4 is 4.90 Å². The van der Waals surface area contributed by atoms with E-state index in [0.717, 1.165) is 11.3 Å². The number of nitrogens with zero attached hydrogens (tertiary/aromatic N) is 4. The second kappa shape index (κ2) is 6.63. The summed E-state index contributed by atoms with van der Waals surface area (Å²) in [6, 6.07) is 12.8. The Labute approximate surface area is 151 Å². The third-order valence-corrected chi connectivity index (χ3v) is 4.86. The van der Waals surface area contributed by atoms with Crippen LogP contribution in [0.5, 0.6) is 0 Å². The molecule has 0 unspecified atom stereocenters. The number of pyridine rings is 1. The van der Waals surface area contributed by atoms with E-state index in [1.165, 1.54) is 0 Å². The molecule has 1 aromatic carbocycles. The van der Waals surface area contributed by atoms with E-state index in [1.54, 1.807) is 34.5 Å². The van der Waals surface area contributed by atoms with Gasteiger partial charge in [-0.05, 0) is 37.6 Å². The van der Waals surface area contributed by atoms with Crippen molar-refractivity contribution in [1.29, 1.82) is 0 Å². The number of anilines is 1. The molecule has 0 saturated carbocycles. The SMILES string of the molecule is CCN(C(=O)c1ccc2nccn2c1)[C@@H]1CCN(c2ccccc2)C1=O. The molecule has 0 aliphatic carbocycles. The molecule has 26 heavy (non-hydrogen) atoms. The van der Waals surface area contributed by atoms with Gasteiger partial charge in [-0.1, -0.05) is 18.2 Å². The molecule has 0 N–H and O–H groups in total. The topological polar surface area (TPSA) is 57.9 Å². The van der Waals surface area contributed by atoms with Gasteiger partial charge in [0.25, 0.3) is 5.91 Å². The molecule has 1 aliphatic heterocycles. The molecule has 0 bridgehead atoms. The third-order valence-electron chi connectivity index (χ3n) is 4.86. The molecule has 0 spiro atoms. The zero-order chi connectivity index (χ0) is 18.1. The van der Waals surface area contributed by atoms with Gasteiger partial charge in [0.2, 0.25) is 5.91 Å². The van der Waals surface area contributed by atoms with E-state index >= 15 is 0 Å². The molecule has 6 heteroatoms. The number of benzene rings is 1. The van der Waals surface area contributed by atoms with Crippen molar-refractivity contribution >= 4 is 23.1 Å². The number of imidazole rings is 1.